The maximum absolute atomic E-state index is 8.51. The topological polar surface area (TPSA) is 34.1 Å². The van der Waals surface area contributed by atoms with Gasteiger partial charge in [-0.25, -0.2) is 0 Å². The van der Waals surface area contributed by atoms with Crippen LogP contribution in [-0.2, 0) is 24.4 Å². The van der Waals surface area contributed by atoms with Gasteiger partial charge in [-0.15, -0.1) is 0 Å². The monoisotopic (exact) mass is 330 g/mol. The van der Waals surface area contributed by atoms with Gasteiger partial charge in [0.1, 0.15) is 0 Å². The third-order valence-electron chi connectivity index (χ3n) is 1.17. The normalized spacial score (nSPS) is 8.18. The summed E-state index contributed by atoms with van der Waals surface area (Å²) in [5.74, 6) is 0. The van der Waals surface area contributed by atoms with E-state index >= 15 is 0 Å². The molecule has 0 heterocycles. The van der Waals surface area contributed by atoms with Gasteiger partial charge in [-0.1, -0.05) is 35.4 Å². The summed E-state index contributed by atoms with van der Waals surface area (Å²) in [6, 6.07) is 8.45. The molecule has 0 spiro atoms. The summed E-state index contributed by atoms with van der Waals surface area (Å²) in [6.45, 7) is 4.21. The predicted octanol–water partition coefficient (Wildman–Crippen LogP) is 2.06. The molecule has 0 saturated carbocycles. The van der Waals surface area contributed by atoms with Crippen LogP contribution in [-0.4, -0.2) is 0 Å². The fourth-order valence-electron chi connectivity index (χ4n) is 0.807. The SMILES string of the molecule is Cc1cccc(C)c1.[O]=[Os]=[O]. The molecule has 2 nitrogen and oxygen atoms in total. The Balaban J connectivity index is 0.000000292. The second-order valence-electron chi connectivity index (χ2n) is 2.22. The number of aryl methyl sites for hydroxylation is 2. The molecule has 0 amide bonds. The van der Waals surface area contributed by atoms with Gasteiger partial charge in [0.25, 0.3) is 0 Å². The van der Waals surface area contributed by atoms with Gasteiger partial charge in [-0.05, 0) is 13.8 Å². The van der Waals surface area contributed by atoms with Crippen LogP contribution in [0.1, 0.15) is 11.1 Å². The molecule has 1 rings (SSSR count). The number of hydrogen-bond acceptors (Lipinski definition) is 2. The van der Waals surface area contributed by atoms with Gasteiger partial charge in [0, 0.05) is 0 Å². The zero-order valence-electron chi connectivity index (χ0n) is 6.48. The van der Waals surface area contributed by atoms with Crippen molar-refractivity contribution >= 4 is 0 Å². The third kappa shape index (κ3) is 5.88. The molecule has 1 aromatic carbocycles. The van der Waals surface area contributed by atoms with Crippen LogP contribution >= 0.6 is 0 Å². The summed E-state index contributed by atoms with van der Waals surface area (Å²) in [6.07, 6.45) is 0. The summed E-state index contributed by atoms with van der Waals surface area (Å²) >= 11 is -2.08. The van der Waals surface area contributed by atoms with E-state index in [0.29, 0.717) is 0 Å². The van der Waals surface area contributed by atoms with Crippen LogP contribution in [0.3, 0.4) is 0 Å². The zero-order valence-corrected chi connectivity index (χ0v) is 9.02. The molecule has 0 aliphatic heterocycles. The number of hydrogen-bond donors (Lipinski definition) is 0. The Morgan fingerprint density at radius 1 is 1.09 bits per heavy atom. The first-order valence-electron chi connectivity index (χ1n) is 3.11. The molecule has 0 N–H and O–H groups in total. The van der Waals surface area contributed by atoms with E-state index in [1.807, 2.05) is 0 Å². The molecule has 0 fully saturated rings. The average Bonchev–Trinajstić information content (AvgIpc) is 1.88. The maximum atomic E-state index is 8.51. The molecule has 0 unspecified atom stereocenters. The number of rotatable bonds is 0. The molecular weight excluding hydrogens is 318 g/mol. The van der Waals surface area contributed by atoms with Gasteiger partial charge in [-0.3, -0.25) is 0 Å². The Morgan fingerprint density at radius 2 is 1.45 bits per heavy atom. The first kappa shape index (κ1) is 10.5. The van der Waals surface area contributed by atoms with E-state index in [1.165, 1.54) is 11.1 Å². The predicted molar refractivity (Wildman–Crippen MR) is 37.3 cm³/mol. The summed E-state index contributed by atoms with van der Waals surface area (Å²) < 4.78 is 17.0. The van der Waals surface area contributed by atoms with Gasteiger partial charge < -0.3 is 0 Å². The van der Waals surface area contributed by atoms with Gasteiger partial charge in [0.05, 0.1) is 0 Å². The first-order valence-corrected chi connectivity index (χ1v) is 5.18. The van der Waals surface area contributed by atoms with E-state index < -0.39 is 17.3 Å². The van der Waals surface area contributed by atoms with E-state index in [9.17, 15) is 0 Å². The van der Waals surface area contributed by atoms with Crippen LogP contribution in [0.15, 0.2) is 24.3 Å². The van der Waals surface area contributed by atoms with Crippen molar-refractivity contribution in [2.75, 3.05) is 0 Å². The molecule has 0 aromatic heterocycles. The Bertz CT molecular complexity index is 235. The second-order valence-corrected chi connectivity index (χ2v) is 2.64. The molecule has 1 aromatic rings. The molecule has 0 bridgehead atoms. The van der Waals surface area contributed by atoms with Crippen molar-refractivity contribution in [3.63, 3.8) is 0 Å². The van der Waals surface area contributed by atoms with Crippen molar-refractivity contribution < 1.29 is 24.4 Å². The molecule has 0 aliphatic carbocycles. The van der Waals surface area contributed by atoms with Crippen LogP contribution < -0.4 is 0 Å². The second kappa shape index (κ2) is 6.18. The van der Waals surface area contributed by atoms with E-state index in [-0.39, 0.29) is 0 Å². The summed E-state index contributed by atoms with van der Waals surface area (Å²) in [5, 5.41) is 0. The average molecular weight is 328 g/mol. The molecule has 0 radical (unpaired) electrons. The fraction of sp³-hybridized carbons (Fsp3) is 0.250. The summed E-state index contributed by atoms with van der Waals surface area (Å²) in [4.78, 5) is 0. The molecule has 62 valence electrons. The van der Waals surface area contributed by atoms with Gasteiger partial charge in [0.15, 0.2) is 0 Å². The first-order chi connectivity index (χ1) is 5.20. The molecule has 0 atom stereocenters. The van der Waals surface area contributed by atoms with Crippen molar-refractivity contribution in [2.45, 2.75) is 13.8 Å². The van der Waals surface area contributed by atoms with Crippen molar-refractivity contribution in [1.29, 1.82) is 0 Å². The quantitative estimate of drug-likeness (QED) is 0.731. The minimum atomic E-state index is -2.08. The van der Waals surface area contributed by atoms with Crippen LogP contribution in [0.4, 0.5) is 0 Å². The van der Waals surface area contributed by atoms with E-state index in [1.54, 1.807) is 0 Å². The third-order valence-corrected chi connectivity index (χ3v) is 1.17. The fourth-order valence-corrected chi connectivity index (χ4v) is 0.807. The Kier molecular flexibility index (Phi) is 5.88. The number of benzene rings is 1. The molecule has 0 aliphatic rings. The van der Waals surface area contributed by atoms with Gasteiger partial charge in [0.2, 0.25) is 0 Å². The Hall–Kier alpha value is -0.544. The van der Waals surface area contributed by atoms with Crippen molar-refractivity contribution in [3.8, 4) is 0 Å². The van der Waals surface area contributed by atoms with Crippen molar-refractivity contribution in [1.82, 2.24) is 0 Å². The van der Waals surface area contributed by atoms with Gasteiger partial charge >= 0.3 is 24.4 Å². The molecular formula is C8H10O2Os. The van der Waals surface area contributed by atoms with Crippen LogP contribution in [0.2, 0.25) is 0 Å². The molecule has 0 saturated heterocycles. The summed E-state index contributed by atoms with van der Waals surface area (Å²) in [7, 11) is 0. The minimum absolute atomic E-state index is 1.34. The van der Waals surface area contributed by atoms with Crippen LogP contribution in [0, 0.1) is 13.8 Å². The van der Waals surface area contributed by atoms with Crippen molar-refractivity contribution in [3.05, 3.63) is 35.4 Å². The summed E-state index contributed by atoms with van der Waals surface area (Å²) in [5.41, 5.74) is 2.68. The molecule has 11 heavy (non-hydrogen) atoms. The van der Waals surface area contributed by atoms with E-state index in [4.69, 9.17) is 7.08 Å². The van der Waals surface area contributed by atoms with Gasteiger partial charge in [-0.2, -0.15) is 0 Å². The Labute approximate surface area is 74.0 Å². The van der Waals surface area contributed by atoms with Crippen molar-refractivity contribution in [2.24, 2.45) is 0 Å². The molecule has 3 heteroatoms. The standard InChI is InChI=1S/C8H10.2O.Os/c1-7-4-3-5-8(2)6-7;;;/h3-6H,1-2H3;;;. The van der Waals surface area contributed by atoms with Crippen LogP contribution in [0.5, 0.6) is 0 Å². The zero-order chi connectivity index (χ0) is 8.69. The van der Waals surface area contributed by atoms with E-state index in [2.05, 4.69) is 38.1 Å². The Morgan fingerprint density at radius 3 is 1.64 bits per heavy atom. The van der Waals surface area contributed by atoms with Crippen LogP contribution in [0.25, 0.3) is 0 Å². The van der Waals surface area contributed by atoms with E-state index in [0.717, 1.165) is 0 Å².